The van der Waals surface area contributed by atoms with Gasteiger partial charge in [0.2, 0.25) is 0 Å². The molecular formula is C23H25N3O. The van der Waals surface area contributed by atoms with Gasteiger partial charge in [-0.05, 0) is 48.6 Å². The zero-order valence-electron chi connectivity index (χ0n) is 16.2. The minimum absolute atomic E-state index is 0.936. The molecular weight excluding hydrogens is 334 g/mol. The van der Waals surface area contributed by atoms with E-state index in [9.17, 15) is 0 Å². The Morgan fingerprint density at radius 3 is 2.70 bits per heavy atom. The Morgan fingerprint density at radius 2 is 1.89 bits per heavy atom. The Bertz CT molecular complexity index is 1160. The number of rotatable bonds is 4. The molecule has 3 aromatic carbocycles. The summed E-state index contributed by atoms with van der Waals surface area (Å²) in [5.41, 5.74) is 4.03. The lowest BCUT2D eigenvalue weighted by Gasteiger charge is -2.30. The third kappa shape index (κ3) is 2.59. The van der Waals surface area contributed by atoms with Crippen LogP contribution in [0.1, 0.15) is 5.56 Å². The van der Waals surface area contributed by atoms with Crippen LogP contribution < -0.4 is 4.74 Å². The van der Waals surface area contributed by atoms with Crippen LogP contribution in [0.15, 0.2) is 48.5 Å². The molecule has 138 valence electrons. The molecule has 4 heteroatoms. The first kappa shape index (κ1) is 16.6. The largest absolute Gasteiger partial charge is 0.497 e. The molecule has 0 bridgehead atoms. The first-order valence-electron chi connectivity index (χ1n) is 9.53. The van der Waals surface area contributed by atoms with Crippen molar-refractivity contribution in [2.75, 3.05) is 34.3 Å². The second kappa shape index (κ2) is 6.25. The molecule has 1 aliphatic rings. The van der Waals surface area contributed by atoms with Gasteiger partial charge in [0.15, 0.2) is 0 Å². The Kier molecular flexibility index (Phi) is 3.85. The summed E-state index contributed by atoms with van der Waals surface area (Å²) >= 11 is 0. The van der Waals surface area contributed by atoms with Gasteiger partial charge in [-0.25, -0.2) is 0 Å². The van der Waals surface area contributed by atoms with Gasteiger partial charge >= 0.3 is 0 Å². The number of ether oxygens (including phenoxy) is 1. The predicted octanol–water partition coefficient (Wildman–Crippen LogP) is 4.29. The van der Waals surface area contributed by atoms with E-state index < -0.39 is 0 Å². The zero-order chi connectivity index (χ0) is 18.5. The van der Waals surface area contributed by atoms with E-state index in [1.54, 1.807) is 7.11 Å². The summed E-state index contributed by atoms with van der Waals surface area (Å²) in [4.78, 5) is 4.77. The Hall–Kier alpha value is -2.56. The SMILES string of the molecule is COc1cc2c3c(c1)c1c4ccccc4ccc1n3CN(CCN(C)C)C2. The zero-order valence-corrected chi connectivity index (χ0v) is 16.2. The van der Waals surface area contributed by atoms with E-state index in [4.69, 9.17) is 4.74 Å². The molecule has 0 amide bonds. The first-order valence-corrected chi connectivity index (χ1v) is 9.53. The molecule has 0 spiro atoms. The van der Waals surface area contributed by atoms with Gasteiger partial charge in [0.05, 0.1) is 24.8 Å². The highest BCUT2D eigenvalue weighted by atomic mass is 16.5. The fraction of sp³-hybridized carbons (Fsp3) is 0.304. The van der Waals surface area contributed by atoms with Crippen LogP contribution >= 0.6 is 0 Å². The van der Waals surface area contributed by atoms with Gasteiger partial charge in [-0.1, -0.05) is 30.3 Å². The van der Waals surface area contributed by atoms with Crippen LogP contribution in [-0.4, -0.2) is 48.7 Å². The molecule has 5 rings (SSSR count). The van der Waals surface area contributed by atoms with E-state index in [0.29, 0.717) is 0 Å². The molecule has 0 saturated heterocycles. The highest BCUT2D eigenvalue weighted by Gasteiger charge is 2.24. The van der Waals surface area contributed by atoms with Gasteiger partial charge in [-0.3, -0.25) is 4.90 Å². The number of aromatic nitrogens is 1. The maximum atomic E-state index is 5.66. The molecule has 0 unspecified atom stereocenters. The molecule has 0 aliphatic carbocycles. The normalized spacial score (nSPS) is 14.7. The fourth-order valence-corrected chi connectivity index (χ4v) is 4.43. The number of methoxy groups -OCH3 is 1. The van der Waals surface area contributed by atoms with Gasteiger partial charge in [-0.2, -0.15) is 0 Å². The third-order valence-electron chi connectivity index (χ3n) is 5.73. The van der Waals surface area contributed by atoms with Crippen LogP contribution in [0, 0.1) is 0 Å². The van der Waals surface area contributed by atoms with E-state index in [2.05, 4.69) is 77.0 Å². The average Bonchev–Trinajstić information content (AvgIpc) is 3.01. The van der Waals surface area contributed by atoms with Crippen LogP contribution in [0.2, 0.25) is 0 Å². The number of likely N-dealkylation sites (N-methyl/N-ethyl adjacent to an activating group) is 1. The Morgan fingerprint density at radius 1 is 1.04 bits per heavy atom. The van der Waals surface area contributed by atoms with Crippen molar-refractivity contribution in [1.82, 2.24) is 14.4 Å². The van der Waals surface area contributed by atoms with E-state index in [1.807, 2.05) is 0 Å². The van der Waals surface area contributed by atoms with E-state index in [-0.39, 0.29) is 0 Å². The van der Waals surface area contributed by atoms with Crippen molar-refractivity contribution in [2.45, 2.75) is 13.2 Å². The van der Waals surface area contributed by atoms with E-state index in [1.165, 1.54) is 38.1 Å². The molecule has 4 aromatic rings. The number of benzene rings is 3. The standard InChI is InChI=1S/C23H25N3O/c1-24(2)10-11-25-14-17-12-18(27-3)13-20-22-19-7-5-4-6-16(19)8-9-21(22)26(15-25)23(17)20/h4-9,12-13H,10-11,14-15H2,1-3H3. The van der Waals surface area contributed by atoms with Crippen molar-refractivity contribution in [3.05, 3.63) is 54.1 Å². The Balaban J connectivity index is 1.80. The van der Waals surface area contributed by atoms with Gasteiger partial charge in [0.1, 0.15) is 5.75 Å². The lowest BCUT2D eigenvalue weighted by atomic mass is 10.0. The molecule has 0 radical (unpaired) electrons. The molecule has 0 N–H and O–H groups in total. The third-order valence-corrected chi connectivity index (χ3v) is 5.73. The molecule has 4 nitrogen and oxygen atoms in total. The molecule has 27 heavy (non-hydrogen) atoms. The quantitative estimate of drug-likeness (QED) is 0.542. The second-order valence-corrected chi connectivity index (χ2v) is 7.79. The van der Waals surface area contributed by atoms with Gasteiger partial charge in [-0.15, -0.1) is 0 Å². The highest BCUT2D eigenvalue weighted by molar-refractivity contribution is 6.21. The molecule has 1 aromatic heterocycles. The van der Waals surface area contributed by atoms with E-state index >= 15 is 0 Å². The van der Waals surface area contributed by atoms with Crippen molar-refractivity contribution >= 4 is 32.6 Å². The topological polar surface area (TPSA) is 20.6 Å². The highest BCUT2D eigenvalue weighted by Crippen LogP contribution is 2.40. The Labute approximate surface area is 159 Å². The maximum absolute atomic E-state index is 5.66. The summed E-state index contributed by atoms with van der Waals surface area (Å²) in [6, 6.07) is 17.6. The molecule has 1 aliphatic heterocycles. The average molecular weight is 359 g/mol. The van der Waals surface area contributed by atoms with Crippen molar-refractivity contribution in [3.8, 4) is 5.75 Å². The van der Waals surface area contributed by atoms with Crippen LogP contribution in [0.5, 0.6) is 5.75 Å². The summed E-state index contributed by atoms with van der Waals surface area (Å²) in [7, 11) is 6.03. The van der Waals surface area contributed by atoms with Crippen molar-refractivity contribution in [2.24, 2.45) is 0 Å². The molecule has 0 saturated carbocycles. The van der Waals surface area contributed by atoms with Crippen molar-refractivity contribution in [1.29, 1.82) is 0 Å². The smallest absolute Gasteiger partial charge is 0.119 e. The number of hydrogen-bond donors (Lipinski definition) is 0. The predicted molar refractivity (Wildman–Crippen MR) is 112 cm³/mol. The number of nitrogens with zero attached hydrogens (tertiary/aromatic N) is 3. The summed E-state index contributed by atoms with van der Waals surface area (Å²) < 4.78 is 8.15. The van der Waals surface area contributed by atoms with Gasteiger partial charge in [0.25, 0.3) is 0 Å². The fourth-order valence-electron chi connectivity index (χ4n) is 4.43. The van der Waals surface area contributed by atoms with Gasteiger partial charge < -0.3 is 14.2 Å². The van der Waals surface area contributed by atoms with Crippen molar-refractivity contribution in [3.63, 3.8) is 0 Å². The van der Waals surface area contributed by atoms with Crippen LogP contribution in [0.3, 0.4) is 0 Å². The molecule has 0 atom stereocenters. The lowest BCUT2D eigenvalue weighted by molar-refractivity contribution is 0.186. The summed E-state index contributed by atoms with van der Waals surface area (Å²) in [6.07, 6.45) is 0. The maximum Gasteiger partial charge on any atom is 0.119 e. The minimum Gasteiger partial charge on any atom is -0.497 e. The molecule has 2 heterocycles. The van der Waals surface area contributed by atoms with Gasteiger partial charge in [0, 0.05) is 30.4 Å². The van der Waals surface area contributed by atoms with E-state index in [0.717, 1.165) is 32.1 Å². The first-order chi connectivity index (χ1) is 13.2. The molecule has 0 fully saturated rings. The lowest BCUT2D eigenvalue weighted by Crippen LogP contribution is -2.35. The van der Waals surface area contributed by atoms with Crippen molar-refractivity contribution < 1.29 is 4.74 Å². The minimum atomic E-state index is 0.936. The monoisotopic (exact) mass is 359 g/mol. The number of fused-ring (bicyclic) bond motifs is 5. The summed E-state index contributed by atoms with van der Waals surface area (Å²) in [5.74, 6) is 0.943. The van der Waals surface area contributed by atoms with Crippen LogP contribution in [-0.2, 0) is 13.2 Å². The van der Waals surface area contributed by atoms with Crippen LogP contribution in [0.4, 0.5) is 0 Å². The summed E-state index contributed by atoms with van der Waals surface area (Å²) in [6.45, 7) is 4.02. The van der Waals surface area contributed by atoms with Crippen LogP contribution in [0.25, 0.3) is 32.6 Å². The summed E-state index contributed by atoms with van der Waals surface area (Å²) in [5, 5.41) is 5.26. The number of hydrogen-bond acceptors (Lipinski definition) is 3. The second-order valence-electron chi connectivity index (χ2n) is 7.79.